The number of aliphatic hydroxyl groups is 1. The van der Waals surface area contributed by atoms with Gasteiger partial charge >= 0.3 is 5.97 Å². The molecule has 1 aromatic rings. The van der Waals surface area contributed by atoms with E-state index < -0.39 is 22.1 Å². The lowest BCUT2D eigenvalue weighted by atomic mass is 10.0. The molecule has 0 aliphatic rings. The quantitative estimate of drug-likeness (QED) is 0.610. The number of benzene rings is 1. The lowest BCUT2D eigenvalue weighted by molar-refractivity contribution is -0.133. The number of hydrogen-bond donors (Lipinski definition) is 3. The van der Waals surface area contributed by atoms with Crippen molar-refractivity contribution in [3.05, 3.63) is 40.5 Å². The summed E-state index contributed by atoms with van der Waals surface area (Å²) in [5.41, 5.74) is 2.29. The summed E-state index contributed by atoms with van der Waals surface area (Å²) in [5, 5.41) is 19.2. The van der Waals surface area contributed by atoms with Crippen LogP contribution in [0.15, 0.2) is 28.7 Å². The zero-order valence-corrected chi connectivity index (χ0v) is 16.1. The molecule has 0 heterocycles. The monoisotopic (exact) mass is 369 g/mol. The molecule has 0 radical (unpaired) electrons. The van der Waals surface area contributed by atoms with Gasteiger partial charge in [-0.25, -0.2) is 17.9 Å². The second kappa shape index (κ2) is 8.60. The van der Waals surface area contributed by atoms with Crippen molar-refractivity contribution < 1.29 is 23.4 Å². The summed E-state index contributed by atoms with van der Waals surface area (Å²) in [4.78, 5) is 11.4. The Morgan fingerprint density at radius 2 is 1.72 bits per heavy atom. The molecule has 1 atom stereocenters. The van der Waals surface area contributed by atoms with Crippen molar-refractivity contribution in [1.82, 2.24) is 4.72 Å². The van der Waals surface area contributed by atoms with Crippen LogP contribution in [-0.4, -0.2) is 37.2 Å². The number of aliphatic hydroxyl groups excluding tert-OH is 1. The Morgan fingerprint density at radius 1 is 1.20 bits per heavy atom. The topological polar surface area (TPSA) is 104 Å². The molecule has 0 saturated carbocycles. The van der Waals surface area contributed by atoms with Crippen molar-refractivity contribution in [3.63, 3.8) is 0 Å². The van der Waals surface area contributed by atoms with Crippen molar-refractivity contribution in [2.24, 2.45) is 5.92 Å². The number of carbonyl (C=O) groups is 1. The Balaban J connectivity index is 2.94. The van der Waals surface area contributed by atoms with Crippen LogP contribution in [0, 0.1) is 26.7 Å². The number of rotatable bonds is 8. The predicted octanol–water partition coefficient (Wildman–Crippen LogP) is 2.31. The number of hydrogen-bond acceptors (Lipinski definition) is 4. The first kappa shape index (κ1) is 21.3. The first-order valence-electron chi connectivity index (χ1n) is 8.13. The molecule has 0 bridgehead atoms. The van der Waals surface area contributed by atoms with Crippen LogP contribution in [0.1, 0.15) is 37.0 Å². The van der Waals surface area contributed by atoms with Crippen LogP contribution < -0.4 is 4.72 Å². The fourth-order valence-electron chi connectivity index (χ4n) is 2.82. The summed E-state index contributed by atoms with van der Waals surface area (Å²) in [7, 11) is -3.80. The minimum absolute atomic E-state index is 0.0735. The van der Waals surface area contributed by atoms with Crippen LogP contribution in [0.25, 0.3) is 0 Å². The van der Waals surface area contributed by atoms with Gasteiger partial charge in [0.2, 0.25) is 10.0 Å². The lowest BCUT2D eigenvalue weighted by Gasteiger charge is -2.15. The summed E-state index contributed by atoms with van der Waals surface area (Å²) < 4.78 is 27.4. The highest BCUT2D eigenvalue weighted by molar-refractivity contribution is 7.89. The maximum Gasteiger partial charge on any atom is 0.331 e. The van der Waals surface area contributed by atoms with Crippen LogP contribution in [0.5, 0.6) is 0 Å². The van der Waals surface area contributed by atoms with Gasteiger partial charge in [0.25, 0.3) is 0 Å². The summed E-state index contributed by atoms with van der Waals surface area (Å²) in [6.07, 6.45) is 0.278. The first-order valence-corrected chi connectivity index (χ1v) is 9.62. The van der Waals surface area contributed by atoms with Crippen molar-refractivity contribution in [1.29, 1.82) is 0 Å². The molecule has 1 rings (SSSR count). The number of carboxylic acid groups (broad SMARTS) is 1. The molecule has 0 aliphatic carbocycles. The molecule has 1 aromatic carbocycles. The third-order valence-corrected chi connectivity index (χ3v) is 5.38. The molecular weight excluding hydrogens is 342 g/mol. The van der Waals surface area contributed by atoms with Gasteiger partial charge in [0, 0.05) is 12.1 Å². The van der Waals surface area contributed by atoms with E-state index in [0.29, 0.717) is 17.5 Å². The van der Waals surface area contributed by atoms with Crippen molar-refractivity contribution in [2.45, 2.75) is 52.0 Å². The van der Waals surface area contributed by atoms with Gasteiger partial charge < -0.3 is 10.2 Å². The van der Waals surface area contributed by atoms with Crippen LogP contribution in [0.2, 0.25) is 0 Å². The van der Waals surface area contributed by atoms with E-state index in [1.165, 1.54) is 6.08 Å². The molecule has 0 unspecified atom stereocenters. The van der Waals surface area contributed by atoms with Gasteiger partial charge in [0.1, 0.15) is 0 Å². The molecule has 0 fully saturated rings. The van der Waals surface area contributed by atoms with E-state index in [0.717, 1.165) is 5.56 Å². The third-order valence-electron chi connectivity index (χ3n) is 3.65. The molecule has 0 aliphatic heterocycles. The summed E-state index contributed by atoms with van der Waals surface area (Å²) in [6, 6.07) is 3.56. The number of sulfonamides is 1. The van der Waals surface area contributed by atoms with E-state index in [-0.39, 0.29) is 22.9 Å². The van der Waals surface area contributed by atoms with Crippen LogP contribution in [-0.2, 0) is 14.8 Å². The molecule has 7 heteroatoms. The minimum Gasteiger partial charge on any atom is -0.478 e. The Kier molecular flexibility index (Phi) is 7.34. The highest BCUT2D eigenvalue weighted by atomic mass is 32.2. The van der Waals surface area contributed by atoms with Crippen molar-refractivity contribution in [2.75, 3.05) is 6.54 Å². The Labute approximate surface area is 149 Å². The third kappa shape index (κ3) is 6.26. The fraction of sp³-hybridized carbons (Fsp3) is 0.500. The van der Waals surface area contributed by atoms with Crippen molar-refractivity contribution >= 4 is 16.0 Å². The van der Waals surface area contributed by atoms with Gasteiger partial charge in [-0.3, -0.25) is 0 Å². The Hall–Kier alpha value is -1.70. The summed E-state index contributed by atoms with van der Waals surface area (Å²) >= 11 is 0. The maximum atomic E-state index is 12.5. The molecule has 0 spiro atoms. The highest BCUT2D eigenvalue weighted by Gasteiger charge is 2.21. The standard InChI is InChI=1S/C18H27NO5S/c1-11(2)6-15(18(21)22)9-16(20)10-19-25(23,24)17-13(4)7-12(3)8-14(17)5/h7-9,11,16,19-20H,6,10H2,1-5H3,(H,21,22)/b15-9+/t16-/m0/s1. The number of aryl methyl sites for hydroxylation is 3. The van der Waals surface area contributed by atoms with E-state index in [4.69, 9.17) is 5.11 Å². The summed E-state index contributed by atoms with van der Waals surface area (Å²) in [6.45, 7) is 8.78. The van der Waals surface area contributed by atoms with E-state index in [2.05, 4.69) is 4.72 Å². The minimum atomic E-state index is -3.80. The molecule has 25 heavy (non-hydrogen) atoms. The SMILES string of the molecule is Cc1cc(C)c(S(=O)(=O)NC[C@@H](O)/C=C(\CC(C)C)C(=O)O)c(C)c1. The van der Waals surface area contributed by atoms with E-state index in [1.54, 1.807) is 26.0 Å². The maximum absolute atomic E-state index is 12.5. The van der Waals surface area contributed by atoms with Crippen molar-refractivity contribution in [3.8, 4) is 0 Å². The second-order valence-electron chi connectivity index (χ2n) is 6.74. The van der Waals surface area contributed by atoms with Gasteiger partial charge in [-0.2, -0.15) is 0 Å². The van der Waals surface area contributed by atoms with E-state index >= 15 is 0 Å². The van der Waals surface area contributed by atoms with Gasteiger partial charge in [-0.05, 0) is 50.3 Å². The van der Waals surface area contributed by atoms with Gasteiger partial charge in [-0.1, -0.05) is 31.5 Å². The highest BCUT2D eigenvalue weighted by Crippen LogP contribution is 2.21. The van der Waals surface area contributed by atoms with Crippen LogP contribution >= 0.6 is 0 Å². The van der Waals surface area contributed by atoms with E-state index in [1.807, 2.05) is 20.8 Å². The molecule has 0 amide bonds. The van der Waals surface area contributed by atoms with E-state index in [9.17, 15) is 18.3 Å². The van der Waals surface area contributed by atoms with Gasteiger partial charge in [-0.15, -0.1) is 0 Å². The Morgan fingerprint density at radius 3 is 2.16 bits per heavy atom. The van der Waals surface area contributed by atoms with Gasteiger partial charge in [0.15, 0.2) is 0 Å². The molecule has 0 saturated heterocycles. The normalized spacial score (nSPS) is 14.0. The number of carboxylic acids is 1. The lowest BCUT2D eigenvalue weighted by Crippen LogP contribution is -2.32. The second-order valence-corrected chi connectivity index (χ2v) is 8.45. The zero-order valence-electron chi connectivity index (χ0n) is 15.3. The van der Waals surface area contributed by atoms with Gasteiger partial charge in [0.05, 0.1) is 11.0 Å². The molecule has 3 N–H and O–H groups in total. The largest absolute Gasteiger partial charge is 0.478 e. The Bertz CT molecular complexity index is 743. The molecular formula is C18H27NO5S. The first-order chi connectivity index (χ1) is 11.4. The smallest absolute Gasteiger partial charge is 0.331 e. The zero-order chi connectivity index (χ0) is 19.4. The van der Waals surface area contributed by atoms with Crippen LogP contribution in [0.3, 0.4) is 0 Å². The molecule has 6 nitrogen and oxygen atoms in total. The fourth-order valence-corrected chi connectivity index (χ4v) is 4.32. The number of nitrogens with one attached hydrogen (secondary N) is 1. The predicted molar refractivity (Wildman–Crippen MR) is 97.0 cm³/mol. The molecule has 0 aromatic heterocycles. The molecule has 140 valence electrons. The average molecular weight is 369 g/mol. The summed E-state index contributed by atoms with van der Waals surface area (Å²) in [5.74, 6) is -0.995. The number of aliphatic carboxylic acids is 1. The average Bonchev–Trinajstić information content (AvgIpc) is 2.42. The van der Waals surface area contributed by atoms with Crippen LogP contribution in [0.4, 0.5) is 0 Å².